The predicted octanol–water partition coefficient (Wildman–Crippen LogP) is 0.569. The molecule has 0 aliphatic heterocycles. The van der Waals surface area contributed by atoms with E-state index in [2.05, 4.69) is 13.5 Å². The van der Waals surface area contributed by atoms with Gasteiger partial charge in [-0.05, 0) is 6.42 Å². The van der Waals surface area contributed by atoms with E-state index in [1.165, 1.54) is 0 Å². The van der Waals surface area contributed by atoms with Crippen LogP contribution in [0.25, 0.3) is 0 Å². The van der Waals surface area contributed by atoms with Crippen molar-refractivity contribution in [1.29, 1.82) is 0 Å². The number of hydrogen-bond acceptors (Lipinski definition) is 4. The summed E-state index contributed by atoms with van der Waals surface area (Å²) in [4.78, 5) is 0. The van der Waals surface area contributed by atoms with Crippen LogP contribution >= 0.6 is 0 Å². The van der Waals surface area contributed by atoms with Crippen molar-refractivity contribution in [2.75, 3.05) is 33.0 Å². The smallest absolute Gasteiger partial charge is 0.0644 e. The van der Waals surface area contributed by atoms with Gasteiger partial charge in [-0.25, -0.2) is 0 Å². The number of ether oxygens (including phenoxy) is 1. The van der Waals surface area contributed by atoms with Gasteiger partial charge in [0.1, 0.15) is 0 Å². The first-order chi connectivity index (χ1) is 7.10. The Labute approximate surface area is 92.2 Å². The molecule has 0 aliphatic rings. The van der Waals surface area contributed by atoms with Crippen molar-refractivity contribution in [2.24, 2.45) is 5.41 Å². The Morgan fingerprint density at radius 2 is 1.67 bits per heavy atom. The van der Waals surface area contributed by atoms with E-state index in [-0.39, 0.29) is 19.8 Å². The lowest BCUT2D eigenvalue weighted by molar-refractivity contribution is 0.0200. The second-order valence-electron chi connectivity index (χ2n) is 3.65. The summed E-state index contributed by atoms with van der Waals surface area (Å²) in [5.74, 6) is 0. The SMILES string of the molecule is C=CCOCCC.CC(CO)(CO)CO. The molecule has 0 fully saturated rings. The highest BCUT2D eigenvalue weighted by Gasteiger charge is 2.20. The number of rotatable bonds is 7. The summed E-state index contributed by atoms with van der Waals surface area (Å²) in [7, 11) is 0. The van der Waals surface area contributed by atoms with Crippen LogP contribution in [0.15, 0.2) is 12.7 Å². The zero-order valence-corrected chi connectivity index (χ0v) is 9.78. The van der Waals surface area contributed by atoms with Crippen molar-refractivity contribution < 1.29 is 20.1 Å². The molecule has 0 rings (SSSR count). The molecule has 0 amide bonds. The zero-order chi connectivity index (χ0) is 12.2. The van der Waals surface area contributed by atoms with Crippen molar-refractivity contribution in [3.05, 3.63) is 12.7 Å². The highest BCUT2D eigenvalue weighted by molar-refractivity contribution is 4.69. The molecule has 0 aromatic heterocycles. The highest BCUT2D eigenvalue weighted by atomic mass is 16.5. The Morgan fingerprint density at radius 1 is 1.20 bits per heavy atom. The van der Waals surface area contributed by atoms with Crippen LogP contribution in [-0.4, -0.2) is 48.4 Å². The minimum absolute atomic E-state index is 0.181. The second kappa shape index (κ2) is 11.7. The molecule has 0 atom stereocenters. The quantitative estimate of drug-likeness (QED) is 0.433. The van der Waals surface area contributed by atoms with Crippen LogP contribution in [-0.2, 0) is 4.74 Å². The minimum atomic E-state index is -0.708. The molecule has 0 heterocycles. The van der Waals surface area contributed by atoms with Gasteiger partial charge >= 0.3 is 0 Å². The van der Waals surface area contributed by atoms with Gasteiger partial charge in [0.2, 0.25) is 0 Å². The summed E-state index contributed by atoms with van der Waals surface area (Å²) in [6, 6.07) is 0. The molecular formula is C11H24O4. The Morgan fingerprint density at radius 3 is 1.87 bits per heavy atom. The molecule has 0 saturated heterocycles. The lowest BCUT2D eigenvalue weighted by atomic mass is 9.95. The molecule has 0 aromatic rings. The first kappa shape index (κ1) is 17.0. The molecule has 0 spiro atoms. The van der Waals surface area contributed by atoms with Crippen molar-refractivity contribution >= 4 is 0 Å². The van der Waals surface area contributed by atoms with Gasteiger partial charge in [0.25, 0.3) is 0 Å². The van der Waals surface area contributed by atoms with Crippen LogP contribution < -0.4 is 0 Å². The van der Waals surface area contributed by atoms with Crippen LogP contribution in [0.2, 0.25) is 0 Å². The maximum absolute atomic E-state index is 8.47. The van der Waals surface area contributed by atoms with E-state index >= 15 is 0 Å². The molecule has 0 bridgehead atoms. The van der Waals surface area contributed by atoms with Gasteiger partial charge in [0.15, 0.2) is 0 Å². The molecule has 4 heteroatoms. The highest BCUT2D eigenvalue weighted by Crippen LogP contribution is 2.10. The molecule has 0 unspecified atom stereocenters. The topological polar surface area (TPSA) is 69.9 Å². The first-order valence-electron chi connectivity index (χ1n) is 5.11. The van der Waals surface area contributed by atoms with Crippen molar-refractivity contribution in [3.8, 4) is 0 Å². The largest absolute Gasteiger partial charge is 0.396 e. The Hall–Kier alpha value is -0.420. The average molecular weight is 220 g/mol. The molecule has 15 heavy (non-hydrogen) atoms. The van der Waals surface area contributed by atoms with Crippen LogP contribution in [0, 0.1) is 5.41 Å². The van der Waals surface area contributed by atoms with E-state index < -0.39 is 5.41 Å². The summed E-state index contributed by atoms with van der Waals surface area (Å²) < 4.78 is 5.01. The van der Waals surface area contributed by atoms with Crippen LogP contribution in [0.4, 0.5) is 0 Å². The summed E-state index contributed by atoms with van der Waals surface area (Å²) in [6.45, 7) is 8.20. The van der Waals surface area contributed by atoms with Gasteiger partial charge < -0.3 is 20.1 Å². The van der Waals surface area contributed by atoms with Crippen molar-refractivity contribution in [2.45, 2.75) is 20.3 Å². The summed E-state index contributed by atoms with van der Waals surface area (Å²) in [6.07, 6.45) is 2.85. The Balaban J connectivity index is 0. The molecule has 4 nitrogen and oxygen atoms in total. The van der Waals surface area contributed by atoms with Crippen LogP contribution in [0.3, 0.4) is 0 Å². The normalized spacial score (nSPS) is 10.5. The number of aliphatic hydroxyl groups excluding tert-OH is 3. The third-order valence-electron chi connectivity index (χ3n) is 1.73. The van der Waals surface area contributed by atoms with Gasteiger partial charge in [-0.3, -0.25) is 0 Å². The molecule has 0 aromatic carbocycles. The summed E-state index contributed by atoms with van der Waals surface area (Å²) >= 11 is 0. The molecule has 0 aliphatic carbocycles. The van der Waals surface area contributed by atoms with Crippen LogP contribution in [0.1, 0.15) is 20.3 Å². The van der Waals surface area contributed by atoms with E-state index in [0.717, 1.165) is 13.0 Å². The second-order valence-corrected chi connectivity index (χ2v) is 3.65. The Bertz CT molecular complexity index is 124. The standard InChI is InChI=1S/C6H12O.C5H12O3/c1-3-5-7-6-4-2;1-5(2-6,3-7)4-8/h3H,1,4-6H2,2H3;6-8H,2-4H2,1H3. The van der Waals surface area contributed by atoms with Gasteiger partial charge in [0.05, 0.1) is 26.4 Å². The third kappa shape index (κ3) is 11.5. The third-order valence-corrected chi connectivity index (χ3v) is 1.73. The minimum Gasteiger partial charge on any atom is -0.396 e. The number of hydrogen-bond donors (Lipinski definition) is 3. The summed E-state index contributed by atoms with van der Waals surface area (Å²) in [5.41, 5.74) is -0.708. The van der Waals surface area contributed by atoms with Gasteiger partial charge in [-0.1, -0.05) is 19.9 Å². The Kier molecular flexibility index (Phi) is 13.2. The zero-order valence-electron chi connectivity index (χ0n) is 9.78. The van der Waals surface area contributed by atoms with Crippen molar-refractivity contribution in [1.82, 2.24) is 0 Å². The first-order valence-corrected chi connectivity index (χ1v) is 5.11. The van der Waals surface area contributed by atoms with E-state index in [1.807, 2.05) is 0 Å². The fourth-order valence-electron chi connectivity index (χ4n) is 0.461. The predicted molar refractivity (Wildman–Crippen MR) is 60.7 cm³/mol. The van der Waals surface area contributed by atoms with Gasteiger partial charge in [-0.15, -0.1) is 6.58 Å². The van der Waals surface area contributed by atoms with Crippen molar-refractivity contribution in [3.63, 3.8) is 0 Å². The number of aliphatic hydroxyl groups is 3. The lowest BCUT2D eigenvalue weighted by Crippen LogP contribution is -2.29. The summed E-state index contributed by atoms with van der Waals surface area (Å²) in [5, 5.41) is 25.4. The maximum Gasteiger partial charge on any atom is 0.0644 e. The molecule has 0 saturated carbocycles. The van der Waals surface area contributed by atoms with Crippen LogP contribution in [0.5, 0.6) is 0 Å². The molecule has 0 radical (unpaired) electrons. The average Bonchev–Trinajstić information content (AvgIpc) is 2.30. The molecule has 3 N–H and O–H groups in total. The molecular weight excluding hydrogens is 196 g/mol. The fraction of sp³-hybridized carbons (Fsp3) is 0.818. The fourth-order valence-corrected chi connectivity index (χ4v) is 0.461. The lowest BCUT2D eigenvalue weighted by Gasteiger charge is -2.20. The van der Waals surface area contributed by atoms with E-state index in [0.29, 0.717) is 6.61 Å². The van der Waals surface area contributed by atoms with E-state index in [1.54, 1.807) is 13.0 Å². The monoisotopic (exact) mass is 220 g/mol. The van der Waals surface area contributed by atoms with Gasteiger partial charge in [-0.2, -0.15) is 0 Å². The van der Waals surface area contributed by atoms with E-state index in [4.69, 9.17) is 20.1 Å². The molecule has 92 valence electrons. The van der Waals surface area contributed by atoms with E-state index in [9.17, 15) is 0 Å². The maximum atomic E-state index is 8.47. The van der Waals surface area contributed by atoms with Gasteiger partial charge in [0, 0.05) is 12.0 Å².